The van der Waals surface area contributed by atoms with E-state index >= 15 is 0 Å². The number of fused-ring (bicyclic) bond motifs is 1. The molecule has 28 heavy (non-hydrogen) atoms. The molecule has 1 aliphatic carbocycles. The third-order valence-corrected chi connectivity index (χ3v) is 5.91. The van der Waals surface area contributed by atoms with Gasteiger partial charge < -0.3 is 4.40 Å². The highest BCUT2D eigenvalue weighted by Gasteiger charge is 2.26. The Labute approximate surface area is 162 Å². The van der Waals surface area contributed by atoms with Crippen LogP contribution in [0.2, 0.25) is 0 Å². The number of halogens is 1. The first-order valence-corrected chi connectivity index (χ1v) is 10.1. The summed E-state index contributed by atoms with van der Waals surface area (Å²) in [6, 6.07) is 4.86. The quantitative estimate of drug-likeness (QED) is 0.682. The molecule has 5 rings (SSSR count). The summed E-state index contributed by atoms with van der Waals surface area (Å²) >= 11 is 0. The predicted octanol–water partition coefficient (Wildman–Crippen LogP) is 2.82. The van der Waals surface area contributed by atoms with Gasteiger partial charge in [0.25, 0.3) is 5.56 Å². The smallest absolute Gasteiger partial charge is 0.253 e. The molecule has 1 aliphatic heterocycles. The number of pyridine rings is 1. The number of piperidine rings is 1. The minimum atomic E-state index is -0.257. The fraction of sp³-hybridized carbons (Fsp3) is 0.476. The lowest BCUT2D eigenvalue weighted by atomic mass is 9.96. The summed E-state index contributed by atoms with van der Waals surface area (Å²) in [5, 5.41) is 0. The van der Waals surface area contributed by atoms with Gasteiger partial charge in [-0.3, -0.25) is 14.3 Å². The monoisotopic (exact) mass is 381 g/mol. The summed E-state index contributed by atoms with van der Waals surface area (Å²) in [6.07, 6.45) is 9.53. The largest absolute Gasteiger partial charge is 0.304 e. The van der Waals surface area contributed by atoms with E-state index < -0.39 is 0 Å². The Hall–Kier alpha value is -2.54. The Bertz CT molecular complexity index is 1050. The summed E-state index contributed by atoms with van der Waals surface area (Å²) in [7, 11) is 0. The van der Waals surface area contributed by atoms with Crippen molar-refractivity contribution in [1.29, 1.82) is 0 Å². The molecule has 0 radical (unpaired) electrons. The maximum absolute atomic E-state index is 13.3. The van der Waals surface area contributed by atoms with Crippen molar-refractivity contribution in [1.82, 2.24) is 23.8 Å². The minimum Gasteiger partial charge on any atom is -0.304 e. The average Bonchev–Trinajstić information content (AvgIpc) is 3.46. The highest BCUT2D eigenvalue weighted by molar-refractivity contribution is 5.39. The number of aromatic nitrogens is 4. The number of rotatable bonds is 5. The highest BCUT2D eigenvalue weighted by atomic mass is 19.1. The van der Waals surface area contributed by atoms with Crippen molar-refractivity contribution in [3.63, 3.8) is 0 Å². The van der Waals surface area contributed by atoms with Gasteiger partial charge in [0.05, 0.1) is 17.7 Å². The third kappa shape index (κ3) is 3.71. The molecule has 1 saturated heterocycles. The van der Waals surface area contributed by atoms with Crippen LogP contribution in [0.5, 0.6) is 0 Å². The first-order chi connectivity index (χ1) is 13.6. The molecule has 7 heteroatoms. The minimum absolute atomic E-state index is 0.0799. The first kappa shape index (κ1) is 17.6. The van der Waals surface area contributed by atoms with E-state index in [1.54, 1.807) is 27.4 Å². The van der Waals surface area contributed by atoms with Gasteiger partial charge in [-0.15, -0.1) is 0 Å². The molecule has 0 atom stereocenters. The predicted molar refractivity (Wildman–Crippen MR) is 104 cm³/mol. The summed E-state index contributed by atoms with van der Waals surface area (Å²) in [6.45, 7) is 3.48. The van der Waals surface area contributed by atoms with Crippen LogP contribution in [0.4, 0.5) is 4.39 Å². The second-order valence-corrected chi connectivity index (χ2v) is 8.14. The molecule has 3 aromatic rings. The van der Waals surface area contributed by atoms with Crippen molar-refractivity contribution >= 4 is 5.65 Å². The van der Waals surface area contributed by atoms with E-state index in [1.807, 2.05) is 6.20 Å². The zero-order valence-electron chi connectivity index (χ0n) is 15.8. The van der Waals surface area contributed by atoms with Crippen molar-refractivity contribution in [3.05, 3.63) is 64.5 Å². The fourth-order valence-corrected chi connectivity index (χ4v) is 4.11. The standard InChI is InChI=1S/C21H24FN5O/c22-17-3-4-20-24-18(13-26(20)11-17)12-25-7-5-15(6-8-25)10-27-14-23-19(9-21(27)28)16-1-2-16/h3-4,9,11,13-16H,1-2,5-8,10,12H2. The van der Waals surface area contributed by atoms with Crippen LogP contribution in [0.3, 0.4) is 0 Å². The summed E-state index contributed by atoms with van der Waals surface area (Å²) in [5.74, 6) is 0.756. The van der Waals surface area contributed by atoms with E-state index in [-0.39, 0.29) is 11.4 Å². The van der Waals surface area contributed by atoms with Gasteiger partial charge in [0.1, 0.15) is 11.5 Å². The Morgan fingerprint density at radius 1 is 1.11 bits per heavy atom. The van der Waals surface area contributed by atoms with Crippen molar-refractivity contribution in [2.45, 2.75) is 44.7 Å². The fourth-order valence-electron chi connectivity index (χ4n) is 4.11. The van der Waals surface area contributed by atoms with Gasteiger partial charge in [0.15, 0.2) is 0 Å². The van der Waals surface area contributed by atoms with Gasteiger partial charge in [0.2, 0.25) is 0 Å². The molecule has 4 heterocycles. The Morgan fingerprint density at radius 2 is 1.93 bits per heavy atom. The number of imidazole rings is 1. The lowest BCUT2D eigenvalue weighted by Crippen LogP contribution is -2.36. The summed E-state index contributed by atoms with van der Waals surface area (Å²) in [5.41, 5.74) is 2.77. The molecule has 0 spiro atoms. The summed E-state index contributed by atoms with van der Waals surface area (Å²) < 4.78 is 16.8. The molecule has 0 N–H and O–H groups in total. The molecule has 1 saturated carbocycles. The van der Waals surface area contributed by atoms with E-state index in [4.69, 9.17) is 0 Å². The highest BCUT2D eigenvalue weighted by Crippen LogP contribution is 2.38. The molecule has 0 unspecified atom stereocenters. The maximum atomic E-state index is 13.3. The Morgan fingerprint density at radius 3 is 2.68 bits per heavy atom. The van der Waals surface area contributed by atoms with E-state index in [2.05, 4.69) is 14.9 Å². The van der Waals surface area contributed by atoms with Gasteiger partial charge in [-0.1, -0.05) is 0 Å². The van der Waals surface area contributed by atoms with Gasteiger partial charge in [-0.05, 0) is 56.8 Å². The van der Waals surface area contributed by atoms with Crippen LogP contribution in [0.25, 0.3) is 5.65 Å². The molecule has 3 aromatic heterocycles. The van der Waals surface area contributed by atoms with Crippen LogP contribution >= 0.6 is 0 Å². The molecule has 2 fully saturated rings. The lowest BCUT2D eigenvalue weighted by molar-refractivity contribution is 0.165. The topological polar surface area (TPSA) is 55.4 Å². The van der Waals surface area contributed by atoms with E-state index in [9.17, 15) is 9.18 Å². The van der Waals surface area contributed by atoms with Crippen molar-refractivity contribution in [3.8, 4) is 0 Å². The normalized spacial score (nSPS) is 18.8. The average molecular weight is 381 g/mol. The van der Waals surface area contributed by atoms with E-state index in [0.29, 0.717) is 11.8 Å². The van der Waals surface area contributed by atoms with E-state index in [1.165, 1.54) is 12.3 Å². The second-order valence-electron chi connectivity index (χ2n) is 8.14. The van der Waals surface area contributed by atoms with Gasteiger partial charge in [0, 0.05) is 37.5 Å². The van der Waals surface area contributed by atoms with Crippen LogP contribution in [0.15, 0.2) is 41.7 Å². The van der Waals surface area contributed by atoms with Crippen LogP contribution < -0.4 is 5.56 Å². The molecule has 2 aliphatic rings. The molecule has 0 bridgehead atoms. The zero-order valence-corrected chi connectivity index (χ0v) is 15.8. The lowest BCUT2D eigenvalue weighted by Gasteiger charge is -2.31. The van der Waals surface area contributed by atoms with Gasteiger partial charge >= 0.3 is 0 Å². The molecule has 0 aromatic carbocycles. The molecule has 146 valence electrons. The van der Waals surface area contributed by atoms with Crippen LogP contribution in [0, 0.1) is 11.7 Å². The molecular formula is C21H24FN5O. The Balaban J connectivity index is 1.17. The van der Waals surface area contributed by atoms with Gasteiger partial charge in [-0.25, -0.2) is 14.4 Å². The van der Waals surface area contributed by atoms with Crippen molar-refractivity contribution in [2.24, 2.45) is 5.92 Å². The Kier molecular flexibility index (Phi) is 4.47. The SMILES string of the molecule is O=c1cc(C2CC2)ncn1CC1CCN(Cc2cn3cc(F)ccc3n2)CC1. The van der Waals surface area contributed by atoms with Crippen LogP contribution in [-0.4, -0.2) is 36.9 Å². The number of hydrogen-bond acceptors (Lipinski definition) is 4. The van der Waals surface area contributed by atoms with Gasteiger partial charge in [-0.2, -0.15) is 0 Å². The van der Waals surface area contributed by atoms with Crippen molar-refractivity contribution < 1.29 is 4.39 Å². The second kappa shape index (κ2) is 7.13. The van der Waals surface area contributed by atoms with Crippen molar-refractivity contribution in [2.75, 3.05) is 13.1 Å². The number of likely N-dealkylation sites (tertiary alicyclic amines) is 1. The van der Waals surface area contributed by atoms with E-state index in [0.717, 1.165) is 68.9 Å². The summed E-state index contributed by atoms with van der Waals surface area (Å²) in [4.78, 5) is 23.8. The number of hydrogen-bond donors (Lipinski definition) is 0. The maximum Gasteiger partial charge on any atom is 0.253 e. The zero-order chi connectivity index (χ0) is 19.1. The van der Waals surface area contributed by atoms with Crippen LogP contribution in [0.1, 0.15) is 43.0 Å². The molecular weight excluding hydrogens is 357 g/mol. The number of nitrogens with zero attached hydrogens (tertiary/aromatic N) is 5. The molecule has 6 nitrogen and oxygen atoms in total. The first-order valence-electron chi connectivity index (χ1n) is 10.1. The van der Waals surface area contributed by atoms with Crippen LogP contribution in [-0.2, 0) is 13.1 Å². The third-order valence-electron chi connectivity index (χ3n) is 5.91. The molecule has 0 amide bonds.